The highest BCUT2D eigenvalue weighted by molar-refractivity contribution is 6.07. The lowest BCUT2D eigenvalue weighted by atomic mass is 9.90. The van der Waals surface area contributed by atoms with Gasteiger partial charge in [-0.2, -0.15) is 5.10 Å². The first-order valence-corrected chi connectivity index (χ1v) is 9.80. The average molecular weight is 379 g/mol. The molecule has 2 aliphatic rings. The molecule has 2 atom stereocenters. The van der Waals surface area contributed by atoms with E-state index in [2.05, 4.69) is 22.4 Å². The van der Waals surface area contributed by atoms with Gasteiger partial charge in [-0.25, -0.2) is 0 Å². The van der Waals surface area contributed by atoms with Crippen molar-refractivity contribution >= 4 is 16.8 Å². The molecular formula is C21H25N5O2. The first kappa shape index (κ1) is 17.5. The summed E-state index contributed by atoms with van der Waals surface area (Å²) in [5, 5.41) is 8.52. The molecule has 2 aromatic heterocycles. The fourth-order valence-electron chi connectivity index (χ4n) is 4.58. The predicted octanol–water partition coefficient (Wildman–Crippen LogP) is 1.96. The van der Waals surface area contributed by atoms with Crippen molar-refractivity contribution in [2.45, 2.75) is 31.0 Å². The Kier molecular flexibility index (Phi) is 4.21. The van der Waals surface area contributed by atoms with E-state index in [1.165, 1.54) is 0 Å². The summed E-state index contributed by atoms with van der Waals surface area (Å²) in [5.74, 6) is -0.00705. The van der Waals surface area contributed by atoms with E-state index in [-0.39, 0.29) is 11.9 Å². The number of likely N-dealkylation sites (N-methyl/N-ethyl adjacent to an activating group) is 1. The van der Waals surface area contributed by atoms with E-state index in [1.54, 1.807) is 4.68 Å². The molecule has 5 rings (SSSR count). The van der Waals surface area contributed by atoms with Gasteiger partial charge in [-0.05, 0) is 26.0 Å². The van der Waals surface area contributed by atoms with E-state index in [0.29, 0.717) is 17.6 Å². The third kappa shape index (κ3) is 2.91. The molecule has 0 saturated carbocycles. The number of ether oxygens (including phenoxy) is 1. The molecule has 2 saturated heterocycles. The Morgan fingerprint density at radius 1 is 1.14 bits per heavy atom. The Morgan fingerprint density at radius 2 is 1.89 bits per heavy atom. The largest absolute Gasteiger partial charge is 0.378 e. The quantitative estimate of drug-likeness (QED) is 0.756. The number of nitrogens with zero attached hydrogens (tertiary/aromatic N) is 4. The minimum atomic E-state index is -0.00705. The van der Waals surface area contributed by atoms with E-state index in [4.69, 9.17) is 4.74 Å². The zero-order valence-corrected chi connectivity index (χ0v) is 16.2. The molecule has 0 spiro atoms. The van der Waals surface area contributed by atoms with Gasteiger partial charge in [0, 0.05) is 43.0 Å². The van der Waals surface area contributed by atoms with E-state index in [0.717, 1.165) is 42.6 Å². The van der Waals surface area contributed by atoms with Gasteiger partial charge in [0.2, 0.25) is 0 Å². The van der Waals surface area contributed by atoms with Crippen molar-refractivity contribution in [3.05, 3.63) is 48.4 Å². The van der Waals surface area contributed by atoms with Crippen molar-refractivity contribution < 1.29 is 9.53 Å². The lowest BCUT2D eigenvalue weighted by molar-refractivity contribution is -0.0670. The van der Waals surface area contributed by atoms with E-state index >= 15 is 0 Å². The molecule has 1 aromatic carbocycles. The zero-order valence-electron chi connectivity index (χ0n) is 16.2. The van der Waals surface area contributed by atoms with Gasteiger partial charge < -0.3 is 14.6 Å². The number of morpholine rings is 1. The van der Waals surface area contributed by atoms with Gasteiger partial charge in [-0.1, -0.05) is 18.2 Å². The minimum absolute atomic E-state index is 0.00705. The molecule has 2 bridgehead atoms. The fraction of sp³-hybridized carbons (Fsp3) is 0.429. The number of carbonyl (C=O) groups is 1. The molecule has 28 heavy (non-hydrogen) atoms. The molecule has 7 nitrogen and oxygen atoms in total. The average Bonchev–Trinajstić information content (AvgIpc) is 3.26. The number of rotatable bonds is 3. The smallest absolute Gasteiger partial charge is 0.253 e. The van der Waals surface area contributed by atoms with Gasteiger partial charge >= 0.3 is 0 Å². The molecule has 2 aliphatic heterocycles. The van der Waals surface area contributed by atoms with Crippen LogP contribution >= 0.6 is 0 Å². The predicted molar refractivity (Wildman–Crippen MR) is 107 cm³/mol. The van der Waals surface area contributed by atoms with Crippen molar-refractivity contribution in [1.82, 2.24) is 24.6 Å². The third-order valence-electron chi connectivity index (χ3n) is 6.15. The zero-order chi connectivity index (χ0) is 19.3. The summed E-state index contributed by atoms with van der Waals surface area (Å²) in [4.78, 5) is 15.6. The molecule has 0 aliphatic carbocycles. The van der Waals surface area contributed by atoms with Crippen LogP contribution in [0.15, 0.2) is 42.9 Å². The Morgan fingerprint density at radius 3 is 2.61 bits per heavy atom. The number of hydrogen-bond acceptors (Lipinski definition) is 4. The molecule has 2 unspecified atom stereocenters. The second kappa shape index (κ2) is 6.76. The molecule has 0 radical (unpaired) electrons. The minimum Gasteiger partial charge on any atom is -0.378 e. The standard InChI is InChI=1S/C21H25N5O2/c1-24-10-17(9-22-24)26-11-19(18-5-3-4-6-20(18)26)21(27)23-14-7-15-12-28-13-16(8-14)25(15)2/h3-6,9-11,14-16H,7-8,12-13H2,1-2H3,(H,23,27). The summed E-state index contributed by atoms with van der Waals surface area (Å²) in [6.07, 6.45) is 7.55. The topological polar surface area (TPSA) is 64.3 Å². The summed E-state index contributed by atoms with van der Waals surface area (Å²) in [7, 11) is 4.06. The second-order valence-electron chi connectivity index (χ2n) is 7.95. The van der Waals surface area contributed by atoms with E-state index < -0.39 is 0 Å². The van der Waals surface area contributed by atoms with Crippen LogP contribution in [-0.2, 0) is 11.8 Å². The number of carbonyl (C=O) groups excluding carboxylic acids is 1. The first-order chi connectivity index (χ1) is 13.6. The number of benzene rings is 1. The van der Waals surface area contributed by atoms with Crippen molar-refractivity contribution in [3.63, 3.8) is 0 Å². The van der Waals surface area contributed by atoms with E-state index in [9.17, 15) is 4.79 Å². The van der Waals surface area contributed by atoms with Gasteiger partial charge in [0.15, 0.2) is 0 Å². The van der Waals surface area contributed by atoms with Crippen LogP contribution in [0.1, 0.15) is 23.2 Å². The lowest BCUT2D eigenvalue weighted by Crippen LogP contribution is -2.59. The molecule has 2 fully saturated rings. The molecular weight excluding hydrogens is 354 g/mol. The number of aryl methyl sites for hydroxylation is 1. The maximum Gasteiger partial charge on any atom is 0.253 e. The number of piperidine rings is 1. The van der Waals surface area contributed by atoms with Crippen LogP contribution in [0.5, 0.6) is 0 Å². The van der Waals surface area contributed by atoms with Crippen LogP contribution < -0.4 is 5.32 Å². The summed E-state index contributed by atoms with van der Waals surface area (Å²) in [6.45, 7) is 1.50. The number of aromatic nitrogens is 3. The number of para-hydroxylation sites is 1. The normalized spacial score (nSPS) is 25.1. The van der Waals surface area contributed by atoms with Gasteiger partial charge in [0.05, 0.1) is 36.2 Å². The van der Waals surface area contributed by atoms with Crippen LogP contribution in [0.3, 0.4) is 0 Å². The first-order valence-electron chi connectivity index (χ1n) is 9.80. The summed E-state index contributed by atoms with van der Waals surface area (Å²) in [6, 6.07) is 8.97. The van der Waals surface area contributed by atoms with Crippen LogP contribution in [0, 0.1) is 0 Å². The van der Waals surface area contributed by atoms with Gasteiger partial charge in [0.25, 0.3) is 5.91 Å². The second-order valence-corrected chi connectivity index (χ2v) is 7.95. The number of hydrogen-bond donors (Lipinski definition) is 1. The summed E-state index contributed by atoms with van der Waals surface area (Å²) < 4.78 is 9.49. The number of nitrogens with one attached hydrogen (secondary N) is 1. The molecule has 4 heterocycles. The Hall–Kier alpha value is -2.64. The van der Waals surface area contributed by atoms with E-state index in [1.807, 2.05) is 54.5 Å². The monoisotopic (exact) mass is 379 g/mol. The molecule has 1 N–H and O–H groups in total. The summed E-state index contributed by atoms with van der Waals surface area (Å²) in [5.41, 5.74) is 2.66. The van der Waals surface area contributed by atoms with Crippen molar-refractivity contribution in [3.8, 4) is 5.69 Å². The van der Waals surface area contributed by atoms with Gasteiger partial charge in [0.1, 0.15) is 0 Å². The highest BCUT2D eigenvalue weighted by Gasteiger charge is 2.37. The molecule has 146 valence electrons. The van der Waals surface area contributed by atoms with Crippen molar-refractivity contribution in [2.24, 2.45) is 7.05 Å². The van der Waals surface area contributed by atoms with Crippen LogP contribution in [0.2, 0.25) is 0 Å². The fourth-order valence-corrected chi connectivity index (χ4v) is 4.58. The number of fused-ring (bicyclic) bond motifs is 3. The summed E-state index contributed by atoms with van der Waals surface area (Å²) >= 11 is 0. The van der Waals surface area contributed by atoms with Crippen LogP contribution in [0.4, 0.5) is 0 Å². The van der Waals surface area contributed by atoms with Crippen molar-refractivity contribution in [2.75, 3.05) is 20.3 Å². The maximum absolute atomic E-state index is 13.2. The Bertz CT molecular complexity index is 1010. The number of amides is 1. The highest BCUT2D eigenvalue weighted by atomic mass is 16.5. The highest BCUT2D eigenvalue weighted by Crippen LogP contribution is 2.28. The SMILES string of the molecule is CN1C2COCC1CC(NC(=O)c1cn(-c3cnn(C)c3)c3ccccc13)C2. The Labute approximate surface area is 163 Å². The van der Waals surface area contributed by atoms with Crippen LogP contribution in [0.25, 0.3) is 16.6 Å². The lowest BCUT2D eigenvalue weighted by Gasteiger charge is -2.46. The van der Waals surface area contributed by atoms with Gasteiger partial charge in [-0.3, -0.25) is 14.4 Å². The van der Waals surface area contributed by atoms with Crippen LogP contribution in [-0.4, -0.2) is 63.5 Å². The Balaban J connectivity index is 1.44. The molecule has 3 aromatic rings. The molecule has 1 amide bonds. The molecule has 7 heteroatoms. The van der Waals surface area contributed by atoms with Crippen molar-refractivity contribution in [1.29, 1.82) is 0 Å². The maximum atomic E-state index is 13.2. The third-order valence-corrected chi connectivity index (χ3v) is 6.15. The van der Waals surface area contributed by atoms with Gasteiger partial charge in [-0.15, -0.1) is 0 Å².